The summed E-state index contributed by atoms with van der Waals surface area (Å²) in [6.07, 6.45) is 7.73. The largest absolute Gasteiger partial charge is 0.490 e. The quantitative estimate of drug-likeness (QED) is 0.750. The Morgan fingerprint density at radius 3 is 2.74 bits per heavy atom. The molecule has 2 atom stereocenters. The first kappa shape index (κ1) is 14.4. The van der Waals surface area contributed by atoms with E-state index in [4.69, 9.17) is 10.5 Å². The lowest BCUT2D eigenvalue weighted by Gasteiger charge is -2.23. The van der Waals surface area contributed by atoms with Crippen LogP contribution in [0.3, 0.4) is 0 Å². The summed E-state index contributed by atoms with van der Waals surface area (Å²) >= 11 is 0. The van der Waals surface area contributed by atoms with Crippen molar-refractivity contribution in [3.8, 4) is 5.75 Å². The first-order valence-corrected chi connectivity index (χ1v) is 7.76. The molecule has 2 nitrogen and oxygen atoms in total. The zero-order valence-corrected chi connectivity index (χ0v) is 12.3. The minimum atomic E-state index is 0.138. The lowest BCUT2D eigenvalue weighted by atomic mass is 9.87. The number of ether oxygens (including phenoxy) is 1. The van der Waals surface area contributed by atoms with Gasteiger partial charge in [0.05, 0.1) is 6.10 Å². The molecule has 0 bridgehead atoms. The highest BCUT2D eigenvalue weighted by Crippen LogP contribution is 2.31. The third-order valence-corrected chi connectivity index (χ3v) is 4.03. The van der Waals surface area contributed by atoms with E-state index < -0.39 is 0 Å². The molecule has 1 aromatic rings. The first-order valence-electron chi connectivity index (χ1n) is 7.76. The van der Waals surface area contributed by atoms with E-state index in [1.54, 1.807) is 0 Å². The number of unbranched alkanes of at least 4 members (excludes halogenated alkanes) is 1. The lowest BCUT2D eigenvalue weighted by Crippen LogP contribution is -2.21. The number of rotatable bonds is 8. The van der Waals surface area contributed by atoms with Crippen molar-refractivity contribution in [3.63, 3.8) is 0 Å². The van der Waals surface area contributed by atoms with Gasteiger partial charge in [-0.2, -0.15) is 0 Å². The van der Waals surface area contributed by atoms with Gasteiger partial charge in [0, 0.05) is 6.04 Å². The van der Waals surface area contributed by atoms with Gasteiger partial charge >= 0.3 is 0 Å². The van der Waals surface area contributed by atoms with Crippen LogP contribution in [0.2, 0.25) is 0 Å². The minimum Gasteiger partial charge on any atom is -0.490 e. The van der Waals surface area contributed by atoms with Crippen LogP contribution in [0, 0.1) is 5.92 Å². The smallest absolute Gasteiger partial charge is 0.120 e. The van der Waals surface area contributed by atoms with Crippen LogP contribution in [0.25, 0.3) is 0 Å². The Morgan fingerprint density at radius 1 is 1.32 bits per heavy atom. The molecule has 2 unspecified atom stereocenters. The van der Waals surface area contributed by atoms with E-state index in [2.05, 4.69) is 32.0 Å². The molecule has 1 aliphatic rings. The molecule has 1 saturated carbocycles. The van der Waals surface area contributed by atoms with Gasteiger partial charge in [-0.25, -0.2) is 0 Å². The van der Waals surface area contributed by atoms with Crippen molar-refractivity contribution in [1.29, 1.82) is 0 Å². The summed E-state index contributed by atoms with van der Waals surface area (Å²) in [6.45, 7) is 4.48. The summed E-state index contributed by atoms with van der Waals surface area (Å²) < 4.78 is 5.86. The summed E-state index contributed by atoms with van der Waals surface area (Å²) in [6, 6.07) is 8.52. The fourth-order valence-electron chi connectivity index (χ4n) is 2.55. The van der Waals surface area contributed by atoms with E-state index in [9.17, 15) is 0 Å². The van der Waals surface area contributed by atoms with E-state index in [1.807, 2.05) is 6.07 Å². The molecule has 0 saturated heterocycles. The molecule has 2 heteroatoms. The SMILES string of the molecule is CCCCC(CC)C(N)c1cccc(OC2CC2)c1. The highest BCUT2D eigenvalue weighted by Gasteiger charge is 2.24. The van der Waals surface area contributed by atoms with Gasteiger partial charge in [-0.05, 0) is 42.9 Å². The highest BCUT2D eigenvalue weighted by atomic mass is 16.5. The van der Waals surface area contributed by atoms with Gasteiger partial charge in [0.25, 0.3) is 0 Å². The molecular formula is C17H27NO. The average molecular weight is 261 g/mol. The highest BCUT2D eigenvalue weighted by molar-refractivity contribution is 5.31. The molecule has 1 fully saturated rings. The number of nitrogens with two attached hydrogens (primary N) is 1. The maximum atomic E-state index is 6.45. The van der Waals surface area contributed by atoms with E-state index >= 15 is 0 Å². The molecule has 0 radical (unpaired) electrons. The van der Waals surface area contributed by atoms with Crippen LogP contribution in [0.4, 0.5) is 0 Å². The average Bonchev–Trinajstić information content (AvgIpc) is 3.23. The Hall–Kier alpha value is -1.02. The zero-order valence-electron chi connectivity index (χ0n) is 12.3. The molecule has 0 amide bonds. The molecule has 106 valence electrons. The molecule has 0 spiro atoms. The molecule has 2 rings (SSSR count). The van der Waals surface area contributed by atoms with Gasteiger partial charge in [-0.1, -0.05) is 45.2 Å². The summed E-state index contributed by atoms with van der Waals surface area (Å²) in [4.78, 5) is 0. The van der Waals surface area contributed by atoms with Crippen molar-refractivity contribution >= 4 is 0 Å². The molecule has 19 heavy (non-hydrogen) atoms. The topological polar surface area (TPSA) is 35.2 Å². The molecule has 1 aliphatic carbocycles. The number of hydrogen-bond acceptors (Lipinski definition) is 2. The summed E-state index contributed by atoms with van der Waals surface area (Å²) in [5.41, 5.74) is 7.67. The minimum absolute atomic E-state index is 0.138. The van der Waals surface area contributed by atoms with Crippen LogP contribution in [0.5, 0.6) is 5.75 Å². The number of hydrogen-bond donors (Lipinski definition) is 1. The van der Waals surface area contributed by atoms with Crippen LogP contribution < -0.4 is 10.5 Å². The third kappa shape index (κ3) is 4.24. The standard InChI is InChI=1S/C17H27NO/c1-3-5-7-13(4-2)17(18)14-8-6-9-16(12-14)19-15-10-11-15/h6,8-9,12-13,15,17H,3-5,7,10-11,18H2,1-2H3. The van der Waals surface area contributed by atoms with Crippen LogP contribution in [0.1, 0.15) is 64.0 Å². The van der Waals surface area contributed by atoms with Gasteiger partial charge in [0.1, 0.15) is 5.75 Å². The summed E-state index contributed by atoms with van der Waals surface area (Å²) in [7, 11) is 0. The van der Waals surface area contributed by atoms with E-state index in [0.717, 1.165) is 12.2 Å². The van der Waals surface area contributed by atoms with E-state index in [-0.39, 0.29) is 6.04 Å². The monoisotopic (exact) mass is 261 g/mol. The lowest BCUT2D eigenvalue weighted by molar-refractivity contribution is 0.302. The Morgan fingerprint density at radius 2 is 2.11 bits per heavy atom. The van der Waals surface area contributed by atoms with Crippen LogP contribution >= 0.6 is 0 Å². The fraction of sp³-hybridized carbons (Fsp3) is 0.647. The van der Waals surface area contributed by atoms with Gasteiger partial charge < -0.3 is 10.5 Å². The van der Waals surface area contributed by atoms with Crippen LogP contribution in [0.15, 0.2) is 24.3 Å². The van der Waals surface area contributed by atoms with Gasteiger partial charge in [-0.3, -0.25) is 0 Å². The Bertz CT molecular complexity index is 387. The van der Waals surface area contributed by atoms with Crippen molar-refractivity contribution in [2.24, 2.45) is 11.7 Å². The predicted octanol–water partition coefficient (Wildman–Crippen LogP) is 4.44. The maximum Gasteiger partial charge on any atom is 0.120 e. The van der Waals surface area contributed by atoms with Crippen LogP contribution in [-0.4, -0.2) is 6.10 Å². The Labute approximate surface area is 117 Å². The van der Waals surface area contributed by atoms with E-state index in [1.165, 1.54) is 37.7 Å². The number of benzene rings is 1. The second-order valence-electron chi connectivity index (χ2n) is 5.73. The second kappa shape index (κ2) is 6.95. The molecule has 0 aliphatic heterocycles. The fourth-order valence-corrected chi connectivity index (χ4v) is 2.55. The van der Waals surface area contributed by atoms with Gasteiger partial charge in [0.15, 0.2) is 0 Å². The molecule has 2 N–H and O–H groups in total. The first-order chi connectivity index (χ1) is 9.24. The third-order valence-electron chi connectivity index (χ3n) is 4.03. The summed E-state index contributed by atoms with van der Waals surface area (Å²) in [5.74, 6) is 1.57. The van der Waals surface area contributed by atoms with Crippen molar-refractivity contribution in [3.05, 3.63) is 29.8 Å². The predicted molar refractivity (Wildman–Crippen MR) is 80.3 cm³/mol. The second-order valence-corrected chi connectivity index (χ2v) is 5.73. The normalized spacial score (nSPS) is 18.1. The van der Waals surface area contributed by atoms with Crippen molar-refractivity contribution in [2.75, 3.05) is 0 Å². The molecular weight excluding hydrogens is 234 g/mol. The Kier molecular flexibility index (Phi) is 5.26. The zero-order chi connectivity index (χ0) is 13.7. The summed E-state index contributed by atoms with van der Waals surface area (Å²) in [5, 5.41) is 0. The van der Waals surface area contributed by atoms with Crippen molar-refractivity contribution in [2.45, 2.75) is 64.5 Å². The van der Waals surface area contributed by atoms with Crippen LogP contribution in [-0.2, 0) is 0 Å². The van der Waals surface area contributed by atoms with Gasteiger partial charge in [-0.15, -0.1) is 0 Å². The van der Waals surface area contributed by atoms with E-state index in [0.29, 0.717) is 12.0 Å². The van der Waals surface area contributed by atoms with Crippen molar-refractivity contribution < 1.29 is 4.74 Å². The van der Waals surface area contributed by atoms with Gasteiger partial charge in [0.2, 0.25) is 0 Å². The molecule has 0 heterocycles. The molecule has 1 aromatic carbocycles. The molecule has 0 aromatic heterocycles. The maximum absolute atomic E-state index is 6.45. The van der Waals surface area contributed by atoms with Crippen molar-refractivity contribution in [1.82, 2.24) is 0 Å². The Balaban J connectivity index is 2.01.